The molecule has 0 fully saturated rings. The van der Waals surface area contributed by atoms with E-state index in [1.54, 1.807) is 55.7 Å². The van der Waals surface area contributed by atoms with Crippen molar-refractivity contribution in [3.63, 3.8) is 0 Å². The van der Waals surface area contributed by atoms with Gasteiger partial charge in [-0.3, -0.25) is 14.8 Å². The Labute approximate surface area is 173 Å². The summed E-state index contributed by atoms with van der Waals surface area (Å²) in [5.41, 5.74) is 2.83. The molecular formula is C21H21ClN4O3. The highest BCUT2D eigenvalue weighted by atomic mass is 35.5. The molecule has 0 radical (unpaired) electrons. The molecule has 0 aliphatic carbocycles. The van der Waals surface area contributed by atoms with Crippen LogP contribution >= 0.6 is 11.6 Å². The fourth-order valence-electron chi connectivity index (χ4n) is 2.69. The lowest BCUT2D eigenvalue weighted by molar-refractivity contribution is 0.0930. The number of carbonyl (C=O) groups is 2. The highest BCUT2D eigenvalue weighted by Gasteiger charge is 2.14. The van der Waals surface area contributed by atoms with E-state index < -0.39 is 6.09 Å². The van der Waals surface area contributed by atoms with Gasteiger partial charge in [0.1, 0.15) is 12.3 Å². The number of nitrogens with one attached hydrogen (secondary N) is 2. The Morgan fingerprint density at radius 1 is 1.10 bits per heavy atom. The summed E-state index contributed by atoms with van der Waals surface area (Å²) >= 11 is 5.83. The number of aromatic nitrogens is 2. The number of rotatable bonds is 6. The monoisotopic (exact) mass is 412 g/mol. The molecule has 0 bridgehead atoms. The minimum Gasteiger partial charge on any atom is -0.444 e. The van der Waals surface area contributed by atoms with Crippen LogP contribution < -0.4 is 10.6 Å². The van der Waals surface area contributed by atoms with E-state index in [0.29, 0.717) is 16.4 Å². The second-order valence-electron chi connectivity index (χ2n) is 6.48. The molecule has 1 atom stereocenters. The summed E-state index contributed by atoms with van der Waals surface area (Å²) in [7, 11) is 1.71. The lowest BCUT2D eigenvalue weighted by Gasteiger charge is -2.15. The van der Waals surface area contributed by atoms with E-state index in [4.69, 9.17) is 16.3 Å². The standard InChI is InChI=1S/C21H21ClN4O3/c1-14(24-20(27)19-11-12-23-26(19)2)16-5-9-18(10-6-16)25-21(28)29-13-15-3-7-17(22)8-4-15/h3-12,14H,13H2,1-2H3,(H,24,27)(H,25,28)/t14-/m0/s1. The lowest BCUT2D eigenvalue weighted by Crippen LogP contribution is -2.28. The normalized spacial score (nSPS) is 11.6. The van der Waals surface area contributed by atoms with Crippen molar-refractivity contribution in [1.29, 1.82) is 0 Å². The molecule has 150 valence electrons. The molecule has 0 saturated carbocycles. The Bertz CT molecular complexity index is 984. The summed E-state index contributed by atoms with van der Waals surface area (Å²) in [5.74, 6) is -0.203. The Hall–Kier alpha value is -3.32. The molecule has 0 aliphatic heterocycles. The maximum absolute atomic E-state index is 12.3. The van der Waals surface area contributed by atoms with Crippen molar-refractivity contribution in [2.45, 2.75) is 19.6 Å². The first-order valence-electron chi connectivity index (χ1n) is 8.99. The maximum Gasteiger partial charge on any atom is 0.411 e. The highest BCUT2D eigenvalue weighted by molar-refractivity contribution is 6.30. The van der Waals surface area contributed by atoms with E-state index in [-0.39, 0.29) is 18.6 Å². The smallest absolute Gasteiger partial charge is 0.411 e. The SMILES string of the molecule is C[C@H](NC(=O)c1ccnn1C)c1ccc(NC(=O)OCc2ccc(Cl)cc2)cc1. The van der Waals surface area contributed by atoms with Crippen LogP contribution in [0.2, 0.25) is 5.02 Å². The van der Waals surface area contributed by atoms with Crippen LogP contribution in [0.3, 0.4) is 0 Å². The van der Waals surface area contributed by atoms with E-state index in [9.17, 15) is 9.59 Å². The van der Waals surface area contributed by atoms with Crippen molar-refractivity contribution in [3.05, 3.63) is 82.6 Å². The molecule has 0 saturated heterocycles. The number of hydrogen-bond donors (Lipinski definition) is 2. The lowest BCUT2D eigenvalue weighted by atomic mass is 10.1. The van der Waals surface area contributed by atoms with Crippen LogP contribution in [0.5, 0.6) is 0 Å². The van der Waals surface area contributed by atoms with Crippen molar-refractivity contribution in [3.8, 4) is 0 Å². The van der Waals surface area contributed by atoms with Crippen molar-refractivity contribution >= 4 is 29.3 Å². The minimum atomic E-state index is -0.551. The number of ether oxygens (including phenoxy) is 1. The van der Waals surface area contributed by atoms with Gasteiger partial charge in [0.25, 0.3) is 5.91 Å². The highest BCUT2D eigenvalue weighted by Crippen LogP contribution is 2.17. The zero-order chi connectivity index (χ0) is 20.8. The fraction of sp³-hybridized carbons (Fsp3) is 0.190. The first-order chi connectivity index (χ1) is 13.9. The Kier molecular flexibility index (Phi) is 6.51. The maximum atomic E-state index is 12.3. The summed E-state index contributed by atoms with van der Waals surface area (Å²) < 4.78 is 6.71. The number of aryl methyl sites for hydroxylation is 1. The molecule has 2 amide bonds. The van der Waals surface area contributed by atoms with Crippen molar-refractivity contribution in [1.82, 2.24) is 15.1 Å². The molecular weight excluding hydrogens is 392 g/mol. The van der Waals surface area contributed by atoms with Gasteiger partial charge in [-0.1, -0.05) is 35.9 Å². The van der Waals surface area contributed by atoms with Crippen LogP contribution in [0, 0.1) is 0 Å². The third kappa shape index (κ3) is 5.58. The van der Waals surface area contributed by atoms with E-state index in [1.807, 2.05) is 19.1 Å². The van der Waals surface area contributed by atoms with Gasteiger partial charge in [-0.15, -0.1) is 0 Å². The number of nitrogens with zero attached hydrogens (tertiary/aromatic N) is 2. The van der Waals surface area contributed by atoms with Crippen molar-refractivity contribution < 1.29 is 14.3 Å². The first kappa shape index (κ1) is 20.4. The van der Waals surface area contributed by atoms with E-state index >= 15 is 0 Å². The molecule has 0 aliphatic rings. The molecule has 29 heavy (non-hydrogen) atoms. The molecule has 0 unspecified atom stereocenters. The Morgan fingerprint density at radius 3 is 2.41 bits per heavy atom. The number of amides is 2. The van der Waals surface area contributed by atoms with Gasteiger partial charge >= 0.3 is 6.09 Å². The first-order valence-corrected chi connectivity index (χ1v) is 9.37. The largest absolute Gasteiger partial charge is 0.444 e. The van der Waals surface area contributed by atoms with Crippen LogP contribution in [0.25, 0.3) is 0 Å². The average molecular weight is 413 g/mol. The summed E-state index contributed by atoms with van der Waals surface area (Å²) in [4.78, 5) is 24.2. The van der Waals surface area contributed by atoms with Gasteiger partial charge in [-0.2, -0.15) is 5.10 Å². The van der Waals surface area contributed by atoms with Crippen LogP contribution in [-0.4, -0.2) is 21.8 Å². The summed E-state index contributed by atoms with van der Waals surface area (Å²) in [6, 6.07) is 15.7. The molecule has 2 N–H and O–H groups in total. The van der Waals surface area contributed by atoms with E-state index in [0.717, 1.165) is 11.1 Å². The van der Waals surface area contributed by atoms with Gasteiger partial charge in [0.2, 0.25) is 0 Å². The van der Waals surface area contributed by atoms with Crippen LogP contribution in [0.4, 0.5) is 10.5 Å². The Morgan fingerprint density at radius 2 is 1.79 bits per heavy atom. The summed E-state index contributed by atoms with van der Waals surface area (Å²) in [5, 5.41) is 10.2. The number of benzene rings is 2. The fourth-order valence-corrected chi connectivity index (χ4v) is 2.82. The molecule has 0 spiro atoms. The van der Waals surface area contributed by atoms with E-state index in [1.165, 1.54) is 4.68 Å². The Balaban J connectivity index is 1.51. The van der Waals surface area contributed by atoms with Crippen LogP contribution in [0.1, 0.15) is 34.6 Å². The van der Waals surface area contributed by atoms with Crippen molar-refractivity contribution in [2.75, 3.05) is 5.32 Å². The van der Waals surface area contributed by atoms with Crippen LogP contribution in [-0.2, 0) is 18.4 Å². The van der Waals surface area contributed by atoms with Gasteiger partial charge in [0, 0.05) is 24.0 Å². The molecule has 1 aromatic heterocycles. The second kappa shape index (κ2) is 9.25. The van der Waals surface area contributed by atoms with Crippen molar-refractivity contribution in [2.24, 2.45) is 7.05 Å². The topological polar surface area (TPSA) is 85.3 Å². The molecule has 7 nitrogen and oxygen atoms in total. The number of carbonyl (C=O) groups excluding carboxylic acids is 2. The van der Waals surface area contributed by atoms with Gasteiger partial charge in [0.05, 0.1) is 6.04 Å². The summed E-state index contributed by atoms with van der Waals surface area (Å²) in [6.07, 6.45) is 1.02. The average Bonchev–Trinajstić information content (AvgIpc) is 3.14. The van der Waals surface area contributed by atoms with Gasteiger partial charge in [0.15, 0.2) is 0 Å². The zero-order valence-corrected chi connectivity index (χ0v) is 16.8. The van der Waals surface area contributed by atoms with Crippen LogP contribution in [0.15, 0.2) is 60.8 Å². The summed E-state index contributed by atoms with van der Waals surface area (Å²) in [6.45, 7) is 2.04. The van der Waals surface area contributed by atoms with Gasteiger partial charge in [-0.05, 0) is 48.4 Å². The predicted octanol–water partition coefficient (Wildman–Crippen LogP) is 4.31. The van der Waals surface area contributed by atoms with E-state index in [2.05, 4.69) is 15.7 Å². The third-order valence-corrected chi connectivity index (χ3v) is 4.59. The zero-order valence-electron chi connectivity index (χ0n) is 16.1. The van der Waals surface area contributed by atoms with Gasteiger partial charge < -0.3 is 10.1 Å². The number of anilines is 1. The molecule has 1 heterocycles. The quantitative estimate of drug-likeness (QED) is 0.631. The number of halogens is 1. The second-order valence-corrected chi connectivity index (χ2v) is 6.92. The third-order valence-electron chi connectivity index (χ3n) is 4.34. The number of hydrogen-bond acceptors (Lipinski definition) is 4. The van der Waals surface area contributed by atoms with Gasteiger partial charge in [-0.25, -0.2) is 4.79 Å². The predicted molar refractivity (Wildman–Crippen MR) is 111 cm³/mol. The molecule has 3 aromatic rings. The molecule has 3 rings (SSSR count). The molecule has 8 heteroatoms. The minimum absolute atomic E-state index is 0.151. The molecule has 2 aromatic carbocycles.